The number of hydrogen-bond acceptors (Lipinski definition) is 5. The van der Waals surface area contributed by atoms with Crippen LogP contribution in [0.2, 0.25) is 0 Å². The van der Waals surface area contributed by atoms with Gasteiger partial charge in [-0.2, -0.15) is 0 Å². The number of halogens is 2. The summed E-state index contributed by atoms with van der Waals surface area (Å²) in [6.45, 7) is 1.22. The van der Waals surface area contributed by atoms with E-state index >= 15 is 0 Å². The zero-order valence-electron chi connectivity index (χ0n) is 15.9. The second kappa shape index (κ2) is 8.42. The zero-order valence-corrected chi connectivity index (χ0v) is 15.9. The number of nitrogens with zero attached hydrogens (tertiary/aromatic N) is 3. The van der Waals surface area contributed by atoms with Crippen LogP contribution in [-0.4, -0.2) is 40.1 Å². The van der Waals surface area contributed by atoms with Crippen LogP contribution in [0.15, 0.2) is 54.7 Å². The molecular formula is C21H19F2N5O2. The maximum Gasteiger partial charge on any atom is 0.323 e. The summed E-state index contributed by atoms with van der Waals surface area (Å²) in [5, 5.41) is 2.63. The van der Waals surface area contributed by atoms with Crippen LogP contribution in [0.4, 0.5) is 25.1 Å². The third-order valence-electron chi connectivity index (χ3n) is 4.69. The molecule has 3 heterocycles. The van der Waals surface area contributed by atoms with Crippen molar-refractivity contribution in [2.45, 2.75) is 12.7 Å². The van der Waals surface area contributed by atoms with Gasteiger partial charge in [-0.15, -0.1) is 0 Å². The smallest absolute Gasteiger partial charge is 0.323 e. The third kappa shape index (κ3) is 4.36. The Morgan fingerprint density at radius 2 is 2.03 bits per heavy atom. The van der Waals surface area contributed by atoms with Crippen LogP contribution < -0.4 is 11.1 Å². The first-order valence-corrected chi connectivity index (χ1v) is 9.29. The molecular weight excluding hydrogens is 392 g/mol. The highest BCUT2D eigenvalue weighted by Gasteiger charge is 2.32. The number of benzene rings is 1. The predicted molar refractivity (Wildman–Crippen MR) is 107 cm³/mol. The molecule has 1 saturated heterocycles. The highest BCUT2D eigenvalue weighted by atomic mass is 19.1. The van der Waals surface area contributed by atoms with Gasteiger partial charge in [0.15, 0.2) is 5.82 Å². The van der Waals surface area contributed by atoms with E-state index in [4.69, 9.17) is 10.5 Å². The molecule has 0 aliphatic carbocycles. The first-order valence-electron chi connectivity index (χ1n) is 9.29. The SMILES string of the molecule is Nc1ccc(-c2ccc(F)cc2F)nc1NC(=O)N1CC(OCc2ccccn2)C1. The molecule has 30 heavy (non-hydrogen) atoms. The molecule has 3 N–H and O–H groups in total. The lowest BCUT2D eigenvalue weighted by Gasteiger charge is -2.38. The van der Waals surface area contributed by atoms with Crippen molar-refractivity contribution in [2.75, 3.05) is 24.1 Å². The number of carbonyl (C=O) groups is 1. The minimum atomic E-state index is -0.750. The zero-order chi connectivity index (χ0) is 21.1. The monoisotopic (exact) mass is 411 g/mol. The molecule has 0 radical (unpaired) electrons. The van der Waals surface area contributed by atoms with Crippen molar-refractivity contribution in [2.24, 2.45) is 0 Å². The number of carbonyl (C=O) groups excluding carboxylic acids is 1. The fraction of sp³-hybridized carbons (Fsp3) is 0.190. The first-order chi connectivity index (χ1) is 14.5. The lowest BCUT2D eigenvalue weighted by Crippen LogP contribution is -2.56. The van der Waals surface area contributed by atoms with Crippen molar-refractivity contribution < 1.29 is 18.3 Å². The number of hydrogen-bond donors (Lipinski definition) is 2. The molecule has 0 atom stereocenters. The molecule has 0 spiro atoms. The summed E-state index contributed by atoms with van der Waals surface area (Å²) in [7, 11) is 0. The minimum Gasteiger partial charge on any atom is -0.396 e. The average molecular weight is 411 g/mol. The van der Waals surface area contributed by atoms with Gasteiger partial charge >= 0.3 is 6.03 Å². The summed E-state index contributed by atoms with van der Waals surface area (Å²) in [6.07, 6.45) is 1.62. The van der Waals surface area contributed by atoms with Crippen molar-refractivity contribution in [3.8, 4) is 11.3 Å². The summed E-state index contributed by atoms with van der Waals surface area (Å²) in [6, 6.07) is 11.4. The molecule has 1 aliphatic rings. The van der Waals surface area contributed by atoms with Crippen LogP contribution in [0.1, 0.15) is 5.69 Å². The molecule has 154 valence electrons. The quantitative estimate of drug-likeness (QED) is 0.671. The maximum absolute atomic E-state index is 14.0. The van der Waals surface area contributed by atoms with Gasteiger partial charge in [-0.25, -0.2) is 18.6 Å². The van der Waals surface area contributed by atoms with Gasteiger partial charge in [-0.3, -0.25) is 10.3 Å². The number of nitrogens with one attached hydrogen (secondary N) is 1. The van der Waals surface area contributed by atoms with Crippen LogP contribution in [0.3, 0.4) is 0 Å². The van der Waals surface area contributed by atoms with Crippen LogP contribution in [0, 0.1) is 11.6 Å². The van der Waals surface area contributed by atoms with Gasteiger partial charge < -0.3 is 15.4 Å². The molecule has 7 nitrogen and oxygen atoms in total. The fourth-order valence-electron chi connectivity index (χ4n) is 2.99. The number of likely N-dealkylation sites (tertiary alicyclic amines) is 1. The number of pyridine rings is 2. The van der Waals surface area contributed by atoms with Gasteiger partial charge in [0, 0.05) is 17.8 Å². The second-order valence-electron chi connectivity index (χ2n) is 6.85. The molecule has 2 amide bonds. The Balaban J connectivity index is 1.36. The highest BCUT2D eigenvalue weighted by molar-refractivity contribution is 5.92. The summed E-state index contributed by atoms with van der Waals surface area (Å²) in [4.78, 5) is 22.4. The van der Waals surface area contributed by atoms with Gasteiger partial charge in [0.05, 0.1) is 42.9 Å². The summed E-state index contributed by atoms with van der Waals surface area (Å²) < 4.78 is 32.9. The minimum absolute atomic E-state index is 0.0808. The highest BCUT2D eigenvalue weighted by Crippen LogP contribution is 2.26. The van der Waals surface area contributed by atoms with Gasteiger partial charge in [-0.05, 0) is 36.4 Å². The molecule has 1 fully saturated rings. The first kappa shape index (κ1) is 19.7. The van der Waals surface area contributed by atoms with Gasteiger partial charge in [0.25, 0.3) is 0 Å². The fourth-order valence-corrected chi connectivity index (χ4v) is 2.99. The Bertz CT molecular complexity index is 1060. The average Bonchev–Trinajstić information content (AvgIpc) is 2.69. The molecule has 0 saturated carbocycles. The summed E-state index contributed by atoms with van der Waals surface area (Å²) in [5.74, 6) is -1.32. The number of aromatic nitrogens is 2. The Kier molecular flexibility index (Phi) is 5.53. The van der Waals surface area contributed by atoms with Gasteiger partial charge in [-0.1, -0.05) is 6.07 Å². The van der Waals surface area contributed by atoms with E-state index in [1.807, 2.05) is 18.2 Å². The number of urea groups is 1. The molecule has 2 aromatic heterocycles. The molecule has 4 rings (SSSR count). The van der Waals surface area contributed by atoms with Gasteiger partial charge in [0.1, 0.15) is 11.6 Å². The topological polar surface area (TPSA) is 93.4 Å². The lowest BCUT2D eigenvalue weighted by atomic mass is 10.1. The molecule has 9 heteroatoms. The second-order valence-corrected chi connectivity index (χ2v) is 6.85. The summed E-state index contributed by atoms with van der Waals surface area (Å²) >= 11 is 0. The van der Waals surface area contributed by atoms with E-state index in [1.165, 1.54) is 18.2 Å². The van der Waals surface area contributed by atoms with E-state index in [0.717, 1.165) is 17.8 Å². The number of amides is 2. The lowest BCUT2D eigenvalue weighted by molar-refractivity contribution is -0.0431. The Labute approximate surface area is 171 Å². The Hall–Kier alpha value is -3.59. The van der Waals surface area contributed by atoms with E-state index in [9.17, 15) is 13.6 Å². The molecule has 3 aromatic rings. The summed E-state index contributed by atoms with van der Waals surface area (Å²) in [5.41, 5.74) is 7.30. The number of nitrogen functional groups attached to an aromatic ring is 1. The van der Waals surface area contributed by atoms with Crippen molar-refractivity contribution in [1.82, 2.24) is 14.9 Å². The maximum atomic E-state index is 14.0. The van der Waals surface area contributed by atoms with Crippen LogP contribution in [0.25, 0.3) is 11.3 Å². The van der Waals surface area contributed by atoms with Crippen molar-refractivity contribution in [1.29, 1.82) is 0 Å². The van der Waals surface area contributed by atoms with Gasteiger partial charge in [0.2, 0.25) is 0 Å². The predicted octanol–water partition coefficient (Wildman–Crippen LogP) is 3.44. The van der Waals surface area contributed by atoms with Crippen molar-refractivity contribution >= 4 is 17.5 Å². The standard InChI is InChI=1S/C21H19F2N5O2/c22-13-4-5-16(17(23)9-13)19-7-6-18(24)20(26-19)27-21(29)28-10-15(11-28)30-12-14-3-1-2-8-25-14/h1-9,15H,10-12,24H2,(H,26,27,29). The molecule has 0 unspecified atom stereocenters. The van der Waals surface area contributed by atoms with E-state index < -0.39 is 11.6 Å². The van der Waals surface area contributed by atoms with Crippen LogP contribution in [0.5, 0.6) is 0 Å². The normalized spacial score (nSPS) is 13.7. The number of rotatable bonds is 5. The molecule has 0 bridgehead atoms. The Morgan fingerprint density at radius 1 is 1.20 bits per heavy atom. The van der Waals surface area contributed by atoms with E-state index in [2.05, 4.69) is 15.3 Å². The van der Waals surface area contributed by atoms with Crippen molar-refractivity contribution in [3.63, 3.8) is 0 Å². The van der Waals surface area contributed by atoms with Crippen molar-refractivity contribution in [3.05, 3.63) is 72.1 Å². The van der Waals surface area contributed by atoms with Crippen LogP contribution in [-0.2, 0) is 11.3 Å². The third-order valence-corrected chi connectivity index (χ3v) is 4.69. The van der Waals surface area contributed by atoms with E-state index in [-0.39, 0.29) is 34.9 Å². The molecule has 1 aromatic carbocycles. The Morgan fingerprint density at radius 3 is 2.77 bits per heavy atom. The molecule has 1 aliphatic heterocycles. The number of ether oxygens (including phenoxy) is 1. The van der Waals surface area contributed by atoms with E-state index in [0.29, 0.717) is 19.7 Å². The number of anilines is 2. The van der Waals surface area contributed by atoms with E-state index in [1.54, 1.807) is 11.1 Å². The largest absolute Gasteiger partial charge is 0.396 e. The van der Waals surface area contributed by atoms with Crippen LogP contribution >= 0.6 is 0 Å². The number of nitrogens with two attached hydrogens (primary N) is 1.